The molecule has 0 heterocycles. The summed E-state index contributed by atoms with van der Waals surface area (Å²) in [6, 6.07) is 10.0. The first-order valence-electron chi connectivity index (χ1n) is 8.06. The Morgan fingerprint density at radius 2 is 1.86 bits per heavy atom. The molecule has 3 heteroatoms. The van der Waals surface area contributed by atoms with Gasteiger partial charge in [0.1, 0.15) is 0 Å². The number of allylic oxidation sites excluding steroid dienone is 2. The maximum atomic E-state index is 11.8. The number of rotatable bonds is 4. The Bertz CT molecular complexity index is 582. The third-order valence-electron chi connectivity index (χ3n) is 4.56. The maximum Gasteiger partial charge on any atom is 0.340 e. The van der Waals surface area contributed by atoms with Crippen LogP contribution in [0.3, 0.4) is 0 Å². The molecular weight excluding hydrogens is 276 g/mol. The van der Waals surface area contributed by atoms with Gasteiger partial charge in [0.05, 0.1) is 6.10 Å². The van der Waals surface area contributed by atoms with Gasteiger partial charge in [-0.2, -0.15) is 0 Å². The third kappa shape index (κ3) is 3.14. The average Bonchev–Trinajstić information content (AvgIpc) is 2.57. The fraction of sp³-hybridized carbons (Fsp3) is 0.421. The van der Waals surface area contributed by atoms with E-state index in [2.05, 4.69) is 0 Å². The second-order valence-electron chi connectivity index (χ2n) is 6.14. The number of ether oxygens (including phenoxy) is 1. The van der Waals surface area contributed by atoms with E-state index in [0.29, 0.717) is 6.42 Å². The van der Waals surface area contributed by atoms with Crippen molar-refractivity contribution >= 4 is 11.5 Å². The lowest BCUT2D eigenvalue weighted by molar-refractivity contribution is -0.167. The van der Waals surface area contributed by atoms with Gasteiger partial charge >= 0.3 is 5.97 Å². The Morgan fingerprint density at radius 1 is 1.14 bits per heavy atom. The Labute approximate surface area is 131 Å². The van der Waals surface area contributed by atoms with Crippen molar-refractivity contribution in [1.29, 1.82) is 0 Å². The summed E-state index contributed by atoms with van der Waals surface area (Å²) >= 11 is 0. The highest BCUT2D eigenvalue weighted by Gasteiger charge is 2.40. The first-order chi connectivity index (χ1) is 10.7. The average molecular weight is 298 g/mol. The number of carbonyl (C=O) groups is 1. The van der Waals surface area contributed by atoms with Crippen molar-refractivity contribution in [1.82, 2.24) is 0 Å². The maximum absolute atomic E-state index is 11.8. The predicted molar refractivity (Wildman–Crippen MR) is 86.5 cm³/mol. The molecule has 22 heavy (non-hydrogen) atoms. The van der Waals surface area contributed by atoms with Crippen molar-refractivity contribution < 1.29 is 14.6 Å². The lowest BCUT2D eigenvalue weighted by Gasteiger charge is -2.34. The summed E-state index contributed by atoms with van der Waals surface area (Å²) in [7, 11) is 0. The van der Waals surface area contributed by atoms with Gasteiger partial charge in [-0.25, -0.2) is 4.79 Å². The van der Waals surface area contributed by atoms with Gasteiger partial charge in [0.15, 0.2) is 5.60 Å². The highest BCUT2D eigenvalue weighted by Crippen LogP contribution is 2.33. The molecule has 1 unspecified atom stereocenters. The largest absolute Gasteiger partial charge is 0.479 e. The predicted octanol–water partition coefficient (Wildman–Crippen LogP) is 4.20. The zero-order valence-electron chi connectivity index (χ0n) is 12.7. The molecule has 1 N–H and O–H groups in total. The molecule has 116 valence electrons. The van der Waals surface area contributed by atoms with Gasteiger partial charge in [-0.05, 0) is 30.1 Å². The van der Waals surface area contributed by atoms with E-state index in [1.54, 1.807) is 6.08 Å². The van der Waals surface area contributed by atoms with Crippen LogP contribution in [-0.2, 0) is 9.53 Å². The highest BCUT2D eigenvalue weighted by atomic mass is 16.5. The van der Waals surface area contributed by atoms with Gasteiger partial charge in [-0.3, -0.25) is 0 Å². The van der Waals surface area contributed by atoms with E-state index in [9.17, 15) is 9.90 Å². The van der Waals surface area contributed by atoms with E-state index in [1.807, 2.05) is 42.5 Å². The van der Waals surface area contributed by atoms with Crippen LogP contribution >= 0.6 is 0 Å². The van der Waals surface area contributed by atoms with Crippen LogP contribution in [0.1, 0.15) is 44.1 Å². The molecule has 0 spiro atoms. The summed E-state index contributed by atoms with van der Waals surface area (Å²) in [5, 5.41) is 9.67. The Kier molecular flexibility index (Phi) is 4.44. The second-order valence-corrected chi connectivity index (χ2v) is 6.14. The summed E-state index contributed by atoms with van der Waals surface area (Å²) in [5.74, 6) is -0.891. The molecule has 0 aromatic heterocycles. The van der Waals surface area contributed by atoms with Gasteiger partial charge in [-0.1, -0.05) is 61.7 Å². The minimum absolute atomic E-state index is 0.0705. The summed E-state index contributed by atoms with van der Waals surface area (Å²) in [6.07, 6.45) is 11.5. The molecule has 0 amide bonds. The van der Waals surface area contributed by atoms with Crippen LogP contribution in [0.25, 0.3) is 5.57 Å². The smallest absolute Gasteiger partial charge is 0.340 e. The summed E-state index contributed by atoms with van der Waals surface area (Å²) < 4.78 is 6.03. The van der Waals surface area contributed by atoms with Crippen molar-refractivity contribution in [3.05, 3.63) is 54.1 Å². The van der Waals surface area contributed by atoms with E-state index >= 15 is 0 Å². The van der Waals surface area contributed by atoms with Crippen molar-refractivity contribution in [2.75, 3.05) is 0 Å². The summed E-state index contributed by atoms with van der Waals surface area (Å²) in [4.78, 5) is 11.8. The van der Waals surface area contributed by atoms with Crippen molar-refractivity contribution in [2.24, 2.45) is 0 Å². The quantitative estimate of drug-likeness (QED) is 0.906. The molecule has 1 fully saturated rings. The molecule has 2 aliphatic carbocycles. The van der Waals surface area contributed by atoms with E-state index < -0.39 is 11.6 Å². The molecule has 1 aromatic carbocycles. The van der Waals surface area contributed by atoms with Crippen LogP contribution in [0.5, 0.6) is 0 Å². The number of aliphatic carboxylic acids is 1. The lowest BCUT2D eigenvalue weighted by atomic mass is 9.88. The fourth-order valence-electron chi connectivity index (χ4n) is 3.24. The first kappa shape index (κ1) is 15.0. The van der Waals surface area contributed by atoms with Crippen LogP contribution in [0, 0.1) is 0 Å². The molecule has 1 saturated carbocycles. The van der Waals surface area contributed by atoms with E-state index in [0.717, 1.165) is 36.8 Å². The van der Waals surface area contributed by atoms with Gasteiger partial charge in [0.25, 0.3) is 0 Å². The molecule has 3 nitrogen and oxygen atoms in total. The number of benzene rings is 1. The molecule has 3 rings (SSSR count). The molecule has 0 bridgehead atoms. The van der Waals surface area contributed by atoms with Crippen LogP contribution in [0.15, 0.2) is 48.6 Å². The number of carboxylic acid groups (broad SMARTS) is 1. The van der Waals surface area contributed by atoms with Crippen molar-refractivity contribution in [2.45, 2.75) is 50.2 Å². The monoisotopic (exact) mass is 298 g/mol. The Balaban J connectivity index is 1.76. The van der Waals surface area contributed by atoms with E-state index in [4.69, 9.17) is 4.74 Å². The van der Waals surface area contributed by atoms with Crippen molar-refractivity contribution in [3.8, 4) is 0 Å². The Hall–Kier alpha value is -1.87. The fourth-order valence-corrected chi connectivity index (χ4v) is 3.24. The van der Waals surface area contributed by atoms with Crippen LogP contribution in [0.2, 0.25) is 0 Å². The zero-order chi connectivity index (χ0) is 15.4. The SMILES string of the molecule is O=C(O)C1(OC2CCCCC2)C=CC(c2ccccc2)=CC1. The zero-order valence-corrected chi connectivity index (χ0v) is 12.7. The van der Waals surface area contributed by atoms with Crippen molar-refractivity contribution in [3.63, 3.8) is 0 Å². The molecule has 0 saturated heterocycles. The number of hydrogen-bond donors (Lipinski definition) is 1. The van der Waals surface area contributed by atoms with Crippen LogP contribution in [0.4, 0.5) is 0 Å². The highest BCUT2D eigenvalue weighted by molar-refractivity contribution is 5.85. The minimum atomic E-state index is -1.19. The normalized spacial score (nSPS) is 25.7. The van der Waals surface area contributed by atoms with Gasteiger partial charge in [0, 0.05) is 6.42 Å². The van der Waals surface area contributed by atoms with Gasteiger partial charge in [-0.15, -0.1) is 0 Å². The molecular formula is C19H22O3. The molecule has 2 aliphatic rings. The third-order valence-corrected chi connectivity index (χ3v) is 4.56. The van der Waals surface area contributed by atoms with Crippen LogP contribution < -0.4 is 0 Å². The van der Waals surface area contributed by atoms with E-state index in [-0.39, 0.29) is 6.10 Å². The van der Waals surface area contributed by atoms with Gasteiger partial charge in [0.2, 0.25) is 0 Å². The topological polar surface area (TPSA) is 46.5 Å². The lowest BCUT2D eigenvalue weighted by Crippen LogP contribution is -2.43. The molecule has 0 aliphatic heterocycles. The van der Waals surface area contributed by atoms with Crippen LogP contribution in [-0.4, -0.2) is 22.8 Å². The minimum Gasteiger partial charge on any atom is -0.479 e. The number of carboxylic acids is 1. The van der Waals surface area contributed by atoms with E-state index in [1.165, 1.54) is 6.42 Å². The number of hydrogen-bond acceptors (Lipinski definition) is 2. The molecule has 1 atom stereocenters. The standard InChI is InChI=1S/C19H22O3/c20-18(21)19(22-17-9-5-2-6-10-17)13-11-16(12-14-19)15-7-3-1-4-8-15/h1,3-4,7-8,11-13,17H,2,5-6,9-10,14H2,(H,20,21). The summed E-state index contributed by atoms with van der Waals surface area (Å²) in [5.41, 5.74) is 0.973. The Morgan fingerprint density at radius 3 is 2.45 bits per heavy atom. The first-order valence-corrected chi connectivity index (χ1v) is 8.06. The molecule has 1 aromatic rings. The summed E-state index contributed by atoms with van der Waals surface area (Å²) in [6.45, 7) is 0. The second kappa shape index (κ2) is 6.49. The van der Waals surface area contributed by atoms with Gasteiger partial charge < -0.3 is 9.84 Å². The molecule has 0 radical (unpaired) electrons.